The van der Waals surface area contributed by atoms with Gasteiger partial charge in [0.05, 0.1) is 29.9 Å². The number of rotatable bonds is 10. The summed E-state index contributed by atoms with van der Waals surface area (Å²) in [6.07, 6.45) is 3.43. The Hall–Kier alpha value is -3.33. The number of ether oxygens (including phenoxy) is 4. The molecule has 1 aliphatic heterocycles. The highest BCUT2D eigenvalue weighted by atomic mass is 32.1. The van der Waals surface area contributed by atoms with Crippen LogP contribution in [0.15, 0.2) is 41.4 Å². The maximum Gasteiger partial charge on any atom is 0.307 e. The van der Waals surface area contributed by atoms with Gasteiger partial charge in [0.2, 0.25) is 0 Å². The van der Waals surface area contributed by atoms with Crippen molar-refractivity contribution >= 4 is 33.4 Å². The van der Waals surface area contributed by atoms with Crippen molar-refractivity contribution in [2.45, 2.75) is 46.1 Å². The molecule has 0 spiro atoms. The van der Waals surface area contributed by atoms with Gasteiger partial charge in [0.15, 0.2) is 16.3 Å². The third kappa shape index (κ3) is 6.22. The molecule has 0 saturated heterocycles. The van der Waals surface area contributed by atoms with Crippen LogP contribution in [0.2, 0.25) is 0 Å². The van der Waals surface area contributed by atoms with Crippen LogP contribution in [0.25, 0.3) is 10.2 Å². The van der Waals surface area contributed by atoms with E-state index in [0.29, 0.717) is 54.8 Å². The molecule has 9 heteroatoms. The Bertz CT molecular complexity index is 1250. The van der Waals surface area contributed by atoms with Crippen molar-refractivity contribution in [3.63, 3.8) is 0 Å². The monoisotopic (exact) mass is 498 g/mol. The number of esters is 1. The van der Waals surface area contributed by atoms with Gasteiger partial charge >= 0.3 is 5.97 Å². The molecule has 1 amide bonds. The average Bonchev–Trinajstić information content (AvgIpc) is 3.20. The number of fused-ring (bicyclic) bond motifs is 2. The summed E-state index contributed by atoms with van der Waals surface area (Å²) in [7, 11) is 0. The Labute approximate surface area is 208 Å². The van der Waals surface area contributed by atoms with Gasteiger partial charge in [0, 0.05) is 24.2 Å². The molecule has 1 aromatic heterocycles. The van der Waals surface area contributed by atoms with Gasteiger partial charge in [-0.15, -0.1) is 0 Å². The number of hydrogen-bond acceptors (Lipinski definition) is 7. The van der Waals surface area contributed by atoms with E-state index in [1.54, 1.807) is 31.2 Å². The first-order chi connectivity index (χ1) is 17.1. The lowest BCUT2D eigenvalue weighted by Gasteiger charge is -2.18. The van der Waals surface area contributed by atoms with Crippen molar-refractivity contribution in [1.29, 1.82) is 0 Å². The third-order valence-electron chi connectivity index (χ3n) is 5.51. The van der Waals surface area contributed by atoms with Crippen molar-refractivity contribution in [3.05, 3.63) is 46.8 Å². The van der Waals surface area contributed by atoms with Gasteiger partial charge in [-0.25, -0.2) is 0 Å². The summed E-state index contributed by atoms with van der Waals surface area (Å²) in [6, 6.07) is 10.8. The number of thiazole rings is 1. The normalized spacial score (nSPS) is 13.1. The molecule has 0 radical (unpaired) electrons. The summed E-state index contributed by atoms with van der Waals surface area (Å²) < 4.78 is 25.0. The molecule has 0 bridgehead atoms. The highest BCUT2D eigenvalue weighted by Crippen LogP contribution is 2.35. The van der Waals surface area contributed by atoms with Gasteiger partial charge in [-0.05, 0) is 37.6 Å². The van der Waals surface area contributed by atoms with E-state index < -0.39 is 0 Å². The molecule has 4 rings (SSSR count). The lowest BCUT2D eigenvalue weighted by atomic mass is 10.2. The zero-order valence-corrected chi connectivity index (χ0v) is 20.9. The van der Waals surface area contributed by atoms with Crippen LogP contribution in [0.5, 0.6) is 17.2 Å². The highest BCUT2D eigenvalue weighted by Gasteiger charge is 2.18. The van der Waals surface area contributed by atoms with E-state index in [9.17, 15) is 9.59 Å². The van der Waals surface area contributed by atoms with Crippen molar-refractivity contribution in [2.75, 3.05) is 26.4 Å². The Balaban J connectivity index is 1.62. The van der Waals surface area contributed by atoms with Gasteiger partial charge in [-0.2, -0.15) is 4.99 Å². The first kappa shape index (κ1) is 24.8. The van der Waals surface area contributed by atoms with Gasteiger partial charge in [0.25, 0.3) is 5.91 Å². The molecule has 0 fully saturated rings. The van der Waals surface area contributed by atoms with Crippen molar-refractivity contribution in [3.8, 4) is 17.2 Å². The number of amides is 1. The second kappa shape index (κ2) is 11.9. The SMILES string of the molecule is CCCCCOc1ccc(C(=O)N=c2sc3cc4c(cc3n2CCC(=O)OCC)OCCO4)cc1. The van der Waals surface area contributed by atoms with E-state index >= 15 is 0 Å². The lowest BCUT2D eigenvalue weighted by molar-refractivity contribution is -0.143. The largest absolute Gasteiger partial charge is 0.494 e. The van der Waals surface area contributed by atoms with Crippen LogP contribution < -0.4 is 19.0 Å². The van der Waals surface area contributed by atoms with Crippen LogP contribution in [0.4, 0.5) is 0 Å². The van der Waals surface area contributed by atoms with E-state index in [-0.39, 0.29) is 18.3 Å². The molecule has 0 N–H and O–H groups in total. The minimum Gasteiger partial charge on any atom is -0.494 e. The molecule has 0 unspecified atom stereocenters. The van der Waals surface area contributed by atoms with E-state index in [2.05, 4.69) is 11.9 Å². The fourth-order valence-electron chi connectivity index (χ4n) is 3.73. The van der Waals surface area contributed by atoms with Crippen molar-refractivity contribution in [2.24, 2.45) is 4.99 Å². The number of aryl methyl sites for hydroxylation is 1. The zero-order valence-electron chi connectivity index (χ0n) is 20.1. The van der Waals surface area contributed by atoms with Crippen LogP contribution in [0.3, 0.4) is 0 Å². The molecule has 0 saturated carbocycles. The van der Waals surface area contributed by atoms with Crippen LogP contribution >= 0.6 is 11.3 Å². The second-order valence-electron chi connectivity index (χ2n) is 8.05. The zero-order chi connectivity index (χ0) is 24.6. The minimum atomic E-state index is -0.365. The molecule has 186 valence electrons. The summed E-state index contributed by atoms with van der Waals surface area (Å²) in [5.74, 6) is 1.36. The number of aromatic nitrogens is 1. The smallest absolute Gasteiger partial charge is 0.307 e. The molecule has 3 aromatic rings. The summed E-state index contributed by atoms with van der Waals surface area (Å²) in [4.78, 5) is 29.9. The Morgan fingerprint density at radius 2 is 1.80 bits per heavy atom. The summed E-state index contributed by atoms with van der Waals surface area (Å²) in [5, 5.41) is 0. The number of benzene rings is 2. The van der Waals surface area contributed by atoms with Crippen molar-refractivity contribution < 1.29 is 28.5 Å². The third-order valence-corrected chi connectivity index (χ3v) is 6.55. The first-order valence-electron chi connectivity index (χ1n) is 12.0. The van der Waals surface area contributed by atoms with E-state index in [4.69, 9.17) is 18.9 Å². The molecular weight excluding hydrogens is 468 g/mol. The molecular formula is C26H30N2O6S. The summed E-state index contributed by atoms with van der Waals surface area (Å²) in [5.41, 5.74) is 1.29. The van der Waals surface area contributed by atoms with Crippen LogP contribution in [-0.4, -0.2) is 42.9 Å². The lowest BCUT2D eigenvalue weighted by Crippen LogP contribution is -2.20. The van der Waals surface area contributed by atoms with Crippen molar-refractivity contribution in [1.82, 2.24) is 4.57 Å². The summed E-state index contributed by atoms with van der Waals surface area (Å²) >= 11 is 1.37. The maximum absolute atomic E-state index is 13.0. The molecule has 0 aliphatic carbocycles. The van der Waals surface area contributed by atoms with Gasteiger partial charge < -0.3 is 23.5 Å². The quantitative estimate of drug-likeness (QED) is 0.296. The molecule has 8 nitrogen and oxygen atoms in total. The molecule has 0 atom stereocenters. The molecule has 2 heterocycles. The van der Waals surface area contributed by atoms with Crippen LogP contribution in [0, 0.1) is 0 Å². The summed E-state index contributed by atoms with van der Waals surface area (Å²) in [6.45, 7) is 6.19. The Morgan fingerprint density at radius 1 is 1.06 bits per heavy atom. The van der Waals surface area contributed by atoms with Gasteiger partial charge in [0.1, 0.15) is 19.0 Å². The number of unbranched alkanes of at least 4 members (excludes halogenated alkanes) is 2. The highest BCUT2D eigenvalue weighted by molar-refractivity contribution is 7.16. The molecule has 2 aromatic carbocycles. The number of carbonyl (C=O) groups excluding carboxylic acids is 2. The maximum atomic E-state index is 13.0. The van der Waals surface area contributed by atoms with Crippen LogP contribution in [-0.2, 0) is 16.1 Å². The average molecular weight is 499 g/mol. The molecule has 1 aliphatic rings. The second-order valence-corrected chi connectivity index (χ2v) is 9.06. The number of carbonyl (C=O) groups is 2. The van der Waals surface area contributed by atoms with Gasteiger partial charge in [-0.3, -0.25) is 9.59 Å². The van der Waals surface area contributed by atoms with E-state index in [1.807, 2.05) is 16.7 Å². The number of nitrogens with zero attached hydrogens (tertiary/aromatic N) is 2. The molecule has 35 heavy (non-hydrogen) atoms. The Kier molecular flexibility index (Phi) is 8.41. The van der Waals surface area contributed by atoms with E-state index in [0.717, 1.165) is 35.2 Å². The Morgan fingerprint density at radius 3 is 2.51 bits per heavy atom. The van der Waals surface area contributed by atoms with E-state index in [1.165, 1.54) is 11.3 Å². The first-order valence-corrected chi connectivity index (χ1v) is 12.8. The fraction of sp³-hybridized carbons (Fsp3) is 0.423. The fourth-order valence-corrected chi connectivity index (χ4v) is 4.80. The van der Waals surface area contributed by atoms with Gasteiger partial charge in [-0.1, -0.05) is 31.1 Å². The topological polar surface area (TPSA) is 88.4 Å². The van der Waals surface area contributed by atoms with Crippen LogP contribution in [0.1, 0.15) is 49.9 Å². The number of hydrogen-bond donors (Lipinski definition) is 0. The standard InChI is InChI=1S/C26H30N2O6S/c1-3-5-6-13-32-19-9-7-18(8-10-19)25(30)27-26-28(12-11-24(29)31-4-2)20-16-21-22(17-23(20)35-26)34-15-14-33-21/h7-10,16-17H,3-6,11-15H2,1-2H3. The minimum absolute atomic E-state index is 0.166. The predicted octanol–water partition coefficient (Wildman–Crippen LogP) is 4.74. The predicted molar refractivity (Wildman–Crippen MR) is 133 cm³/mol.